The van der Waals surface area contributed by atoms with Gasteiger partial charge in [-0.3, -0.25) is 4.79 Å². The minimum Gasteiger partial charge on any atom is -0.481 e. The quantitative estimate of drug-likeness (QED) is 0.525. The van der Waals surface area contributed by atoms with Gasteiger partial charge in [0.05, 0.1) is 25.6 Å². The van der Waals surface area contributed by atoms with Crippen molar-refractivity contribution < 1.29 is 19.4 Å². The van der Waals surface area contributed by atoms with Gasteiger partial charge in [0.25, 0.3) is 0 Å². The molecule has 0 spiro atoms. The molecule has 0 amide bonds. The number of carbonyl (C=O) groups is 1. The van der Waals surface area contributed by atoms with Gasteiger partial charge in [-0.15, -0.1) is 0 Å². The van der Waals surface area contributed by atoms with E-state index in [1.54, 1.807) is 7.11 Å². The highest BCUT2D eigenvalue weighted by atomic mass is 32.2. The molecule has 1 heterocycles. The van der Waals surface area contributed by atoms with E-state index in [-0.39, 0.29) is 5.75 Å². The summed E-state index contributed by atoms with van der Waals surface area (Å²) in [7, 11) is 1.64. The second-order valence-electron chi connectivity index (χ2n) is 4.56. The zero-order valence-corrected chi connectivity index (χ0v) is 13.0. The second kappa shape index (κ2) is 8.99. The molecule has 0 fully saturated rings. The number of nitrogens with zero attached hydrogens (tertiary/aromatic N) is 2. The minimum atomic E-state index is -0.841. The van der Waals surface area contributed by atoms with E-state index in [1.807, 2.05) is 10.8 Å². The van der Waals surface area contributed by atoms with E-state index in [0.717, 1.165) is 10.9 Å². The highest BCUT2D eigenvalue weighted by molar-refractivity contribution is 7.99. The minimum absolute atomic E-state index is 0.0130. The van der Waals surface area contributed by atoms with E-state index in [1.165, 1.54) is 11.8 Å². The molecule has 114 valence electrons. The number of imidazole rings is 1. The Morgan fingerprint density at radius 2 is 2.20 bits per heavy atom. The summed E-state index contributed by atoms with van der Waals surface area (Å²) in [4.78, 5) is 15.0. The van der Waals surface area contributed by atoms with Crippen LogP contribution < -0.4 is 0 Å². The molecule has 20 heavy (non-hydrogen) atoms. The summed E-state index contributed by atoms with van der Waals surface area (Å²) >= 11 is 1.23. The second-order valence-corrected chi connectivity index (χ2v) is 5.50. The molecule has 0 saturated heterocycles. The van der Waals surface area contributed by atoms with Crippen LogP contribution in [-0.4, -0.2) is 53.3 Å². The van der Waals surface area contributed by atoms with Gasteiger partial charge in [0.1, 0.15) is 0 Å². The summed E-state index contributed by atoms with van der Waals surface area (Å²) in [6.07, 6.45) is 1.81. The predicted molar refractivity (Wildman–Crippen MR) is 77.4 cm³/mol. The van der Waals surface area contributed by atoms with E-state index in [9.17, 15) is 4.79 Å². The number of hydrogen-bond acceptors (Lipinski definition) is 5. The number of aromatic nitrogens is 2. The third kappa shape index (κ3) is 5.52. The van der Waals surface area contributed by atoms with Crippen LogP contribution in [0, 0.1) is 0 Å². The number of aliphatic carboxylic acids is 1. The summed E-state index contributed by atoms with van der Waals surface area (Å²) in [5, 5.41) is 9.49. The molecule has 0 bridgehead atoms. The molecule has 0 saturated carbocycles. The standard InChI is InChI=1S/C13H22N2O4S/c1-10(2)11-8-14-13(20-9-12(16)17)15(11)4-5-19-7-6-18-3/h8,10H,4-7,9H2,1-3H3,(H,16,17). The Morgan fingerprint density at radius 1 is 1.45 bits per heavy atom. The maximum atomic E-state index is 10.7. The molecule has 6 nitrogen and oxygen atoms in total. The smallest absolute Gasteiger partial charge is 0.313 e. The van der Waals surface area contributed by atoms with Crippen molar-refractivity contribution in [1.82, 2.24) is 9.55 Å². The van der Waals surface area contributed by atoms with Crippen molar-refractivity contribution >= 4 is 17.7 Å². The topological polar surface area (TPSA) is 73.6 Å². The molecule has 0 aromatic carbocycles. The van der Waals surface area contributed by atoms with Gasteiger partial charge in [-0.1, -0.05) is 25.6 Å². The largest absolute Gasteiger partial charge is 0.481 e. The van der Waals surface area contributed by atoms with Crippen molar-refractivity contribution in [3.8, 4) is 0 Å². The predicted octanol–water partition coefficient (Wildman–Crippen LogP) is 1.85. The zero-order valence-electron chi connectivity index (χ0n) is 12.2. The van der Waals surface area contributed by atoms with E-state index in [4.69, 9.17) is 14.6 Å². The Hall–Kier alpha value is -1.05. The summed E-state index contributed by atoms with van der Waals surface area (Å²) in [6, 6.07) is 0. The van der Waals surface area contributed by atoms with Crippen LogP contribution >= 0.6 is 11.8 Å². The van der Waals surface area contributed by atoms with Crippen molar-refractivity contribution in [1.29, 1.82) is 0 Å². The van der Waals surface area contributed by atoms with Crippen molar-refractivity contribution in [3.63, 3.8) is 0 Å². The van der Waals surface area contributed by atoms with E-state index < -0.39 is 5.97 Å². The third-order valence-electron chi connectivity index (χ3n) is 2.66. The number of thioether (sulfide) groups is 1. The van der Waals surface area contributed by atoms with Crippen LogP contribution in [0.15, 0.2) is 11.4 Å². The van der Waals surface area contributed by atoms with Crippen molar-refractivity contribution in [2.24, 2.45) is 0 Å². The van der Waals surface area contributed by atoms with Crippen molar-refractivity contribution in [2.45, 2.75) is 31.5 Å². The molecule has 0 aliphatic rings. The molecule has 1 aromatic heterocycles. The first-order valence-corrected chi connectivity index (χ1v) is 7.51. The summed E-state index contributed by atoms with van der Waals surface area (Å²) in [5.41, 5.74) is 1.09. The normalized spacial score (nSPS) is 11.2. The Balaban J connectivity index is 2.63. The first-order chi connectivity index (χ1) is 9.56. The van der Waals surface area contributed by atoms with Gasteiger partial charge in [0.2, 0.25) is 0 Å². The molecule has 0 atom stereocenters. The highest BCUT2D eigenvalue weighted by Gasteiger charge is 2.14. The van der Waals surface area contributed by atoms with Crippen LogP contribution in [0.5, 0.6) is 0 Å². The molecule has 0 unspecified atom stereocenters. The zero-order chi connectivity index (χ0) is 15.0. The van der Waals surface area contributed by atoms with E-state index >= 15 is 0 Å². The maximum Gasteiger partial charge on any atom is 0.313 e. The first kappa shape index (κ1) is 17.0. The van der Waals surface area contributed by atoms with Gasteiger partial charge < -0.3 is 19.1 Å². The van der Waals surface area contributed by atoms with Gasteiger partial charge >= 0.3 is 5.97 Å². The number of carboxylic acids is 1. The fourth-order valence-electron chi connectivity index (χ4n) is 1.70. The Labute approximate surface area is 123 Å². The van der Waals surface area contributed by atoms with Gasteiger partial charge in [0, 0.05) is 25.5 Å². The summed E-state index contributed by atoms with van der Waals surface area (Å²) < 4.78 is 12.4. The Kier molecular flexibility index (Phi) is 7.64. The molecule has 0 aliphatic heterocycles. The van der Waals surface area contributed by atoms with Gasteiger partial charge in [-0.05, 0) is 5.92 Å². The molecule has 1 aromatic rings. The lowest BCUT2D eigenvalue weighted by Gasteiger charge is -2.13. The van der Waals surface area contributed by atoms with Gasteiger partial charge in [-0.2, -0.15) is 0 Å². The van der Waals surface area contributed by atoms with Crippen molar-refractivity contribution in [2.75, 3.05) is 32.7 Å². The van der Waals surface area contributed by atoms with Crippen LogP contribution in [0.2, 0.25) is 0 Å². The van der Waals surface area contributed by atoms with Gasteiger partial charge in [0.15, 0.2) is 5.16 Å². The third-order valence-corrected chi connectivity index (χ3v) is 3.63. The Bertz CT molecular complexity index is 421. The number of carboxylic acid groups (broad SMARTS) is 1. The van der Waals surface area contributed by atoms with Gasteiger partial charge in [-0.25, -0.2) is 4.98 Å². The van der Waals surface area contributed by atoms with Crippen LogP contribution in [0.4, 0.5) is 0 Å². The van der Waals surface area contributed by atoms with E-state index in [2.05, 4.69) is 18.8 Å². The summed E-state index contributed by atoms with van der Waals surface area (Å²) in [6.45, 7) is 6.52. The van der Waals surface area contributed by atoms with Crippen LogP contribution in [0.3, 0.4) is 0 Å². The molecule has 7 heteroatoms. The molecule has 1 rings (SSSR count). The summed E-state index contributed by atoms with van der Waals surface area (Å²) in [5.74, 6) is -0.494. The molecule has 1 N–H and O–H groups in total. The lowest BCUT2D eigenvalue weighted by atomic mass is 10.1. The van der Waals surface area contributed by atoms with Crippen LogP contribution in [0.25, 0.3) is 0 Å². The number of methoxy groups -OCH3 is 1. The molecular formula is C13H22N2O4S. The highest BCUT2D eigenvalue weighted by Crippen LogP contribution is 2.23. The lowest BCUT2D eigenvalue weighted by molar-refractivity contribution is -0.133. The fraction of sp³-hybridized carbons (Fsp3) is 0.692. The average Bonchev–Trinajstić information content (AvgIpc) is 2.79. The fourth-order valence-corrected chi connectivity index (χ4v) is 2.43. The Morgan fingerprint density at radius 3 is 2.80 bits per heavy atom. The number of ether oxygens (including phenoxy) is 2. The van der Waals surface area contributed by atoms with E-state index in [0.29, 0.717) is 32.3 Å². The van der Waals surface area contributed by atoms with Crippen molar-refractivity contribution in [3.05, 3.63) is 11.9 Å². The SMILES string of the molecule is COCCOCCn1c(C(C)C)cnc1SCC(=O)O. The average molecular weight is 302 g/mol. The first-order valence-electron chi connectivity index (χ1n) is 6.53. The maximum absolute atomic E-state index is 10.7. The molecular weight excluding hydrogens is 280 g/mol. The number of hydrogen-bond donors (Lipinski definition) is 1. The van der Waals surface area contributed by atoms with Crippen LogP contribution in [-0.2, 0) is 20.8 Å². The monoisotopic (exact) mass is 302 g/mol. The van der Waals surface area contributed by atoms with Crippen LogP contribution in [0.1, 0.15) is 25.5 Å². The molecule has 0 aliphatic carbocycles. The lowest BCUT2D eigenvalue weighted by Crippen LogP contribution is -2.13. The molecule has 0 radical (unpaired) electrons. The number of rotatable bonds is 10.